The summed E-state index contributed by atoms with van der Waals surface area (Å²) in [7, 11) is 0. The quantitative estimate of drug-likeness (QED) is 0.834. The maximum absolute atomic E-state index is 5.80. The number of fused-ring (bicyclic) bond motifs is 1. The Labute approximate surface area is 159 Å². The van der Waals surface area contributed by atoms with Gasteiger partial charge in [0.2, 0.25) is 0 Å². The molecule has 2 unspecified atom stereocenters. The van der Waals surface area contributed by atoms with Gasteiger partial charge in [-0.2, -0.15) is 0 Å². The number of nitrogens with one attached hydrogen (secondary N) is 1. The van der Waals surface area contributed by atoms with Crippen molar-refractivity contribution in [2.45, 2.75) is 31.8 Å². The van der Waals surface area contributed by atoms with E-state index in [1.165, 1.54) is 16.7 Å². The lowest BCUT2D eigenvalue weighted by atomic mass is 10.1. The molecule has 0 spiro atoms. The molecule has 1 heterocycles. The zero-order valence-electron chi connectivity index (χ0n) is 14.9. The smallest absolute Gasteiger partial charge is 0.294 e. The van der Waals surface area contributed by atoms with Crippen molar-refractivity contribution in [1.29, 1.82) is 0 Å². The normalized spacial score (nSPS) is 21.3. The van der Waals surface area contributed by atoms with Gasteiger partial charge in [-0.05, 0) is 48.7 Å². The summed E-state index contributed by atoms with van der Waals surface area (Å²) >= 11 is 5.64. The molecule has 134 valence electrons. The lowest BCUT2D eigenvalue weighted by molar-refractivity contribution is 0.348. The molecule has 1 aliphatic carbocycles. The van der Waals surface area contributed by atoms with Gasteiger partial charge in [-0.1, -0.05) is 54.6 Å². The summed E-state index contributed by atoms with van der Waals surface area (Å²) in [5.41, 5.74) is 3.91. The summed E-state index contributed by atoms with van der Waals surface area (Å²) in [6, 6.07) is 19.8. The third-order valence-electron chi connectivity index (χ3n) is 5.03. The molecule has 1 aliphatic heterocycles. The van der Waals surface area contributed by atoms with Crippen molar-refractivity contribution in [2.75, 3.05) is 13.2 Å². The van der Waals surface area contributed by atoms with Gasteiger partial charge in [0.15, 0.2) is 5.11 Å². The van der Waals surface area contributed by atoms with Crippen molar-refractivity contribution in [3.05, 3.63) is 71.3 Å². The van der Waals surface area contributed by atoms with Gasteiger partial charge in [-0.3, -0.25) is 4.90 Å². The molecular formula is C21H23N3OS. The highest BCUT2D eigenvalue weighted by atomic mass is 32.1. The first kappa shape index (κ1) is 17.0. The van der Waals surface area contributed by atoms with Crippen LogP contribution in [0.25, 0.3) is 0 Å². The van der Waals surface area contributed by atoms with Crippen LogP contribution in [0.3, 0.4) is 0 Å². The first-order chi connectivity index (χ1) is 12.7. The first-order valence-corrected chi connectivity index (χ1v) is 9.54. The number of amidine groups is 1. The Morgan fingerprint density at radius 3 is 2.81 bits per heavy atom. The highest BCUT2D eigenvalue weighted by Crippen LogP contribution is 2.34. The molecule has 0 bridgehead atoms. The average molecular weight is 366 g/mol. The minimum atomic E-state index is 0.137. The largest absolute Gasteiger partial charge is 0.463 e. The van der Waals surface area contributed by atoms with Gasteiger partial charge in [0, 0.05) is 0 Å². The predicted molar refractivity (Wildman–Crippen MR) is 108 cm³/mol. The highest BCUT2D eigenvalue weighted by Gasteiger charge is 2.29. The van der Waals surface area contributed by atoms with Crippen LogP contribution < -0.4 is 5.32 Å². The fourth-order valence-corrected chi connectivity index (χ4v) is 3.93. The lowest BCUT2D eigenvalue weighted by Gasteiger charge is -2.23. The van der Waals surface area contributed by atoms with Crippen LogP contribution in [-0.2, 0) is 11.2 Å². The van der Waals surface area contributed by atoms with E-state index in [4.69, 9.17) is 21.9 Å². The molecule has 2 aliphatic rings. The second kappa shape index (κ2) is 7.46. The minimum Gasteiger partial charge on any atom is -0.463 e. The molecule has 1 N–H and O–H groups in total. The summed E-state index contributed by atoms with van der Waals surface area (Å²) in [6.45, 7) is 3.47. The maximum Gasteiger partial charge on any atom is 0.294 e. The van der Waals surface area contributed by atoms with Crippen molar-refractivity contribution in [2.24, 2.45) is 4.99 Å². The van der Waals surface area contributed by atoms with Gasteiger partial charge >= 0.3 is 0 Å². The Kier molecular flexibility index (Phi) is 4.89. The van der Waals surface area contributed by atoms with Crippen LogP contribution in [0.4, 0.5) is 0 Å². The molecule has 0 amide bonds. The van der Waals surface area contributed by atoms with Crippen LogP contribution in [0.15, 0.2) is 59.6 Å². The Morgan fingerprint density at radius 1 is 1.19 bits per heavy atom. The van der Waals surface area contributed by atoms with Crippen LogP contribution in [0.5, 0.6) is 0 Å². The summed E-state index contributed by atoms with van der Waals surface area (Å²) in [6.07, 6.45) is 2.10. The topological polar surface area (TPSA) is 36.9 Å². The number of nitrogens with zero attached hydrogens (tertiary/aromatic N) is 2. The third-order valence-corrected chi connectivity index (χ3v) is 5.37. The van der Waals surface area contributed by atoms with Gasteiger partial charge < -0.3 is 10.1 Å². The van der Waals surface area contributed by atoms with E-state index in [1.54, 1.807) is 0 Å². The standard InChI is InChI=1S/C21H23N3OS/c1-15(16-7-3-2-4-8-16)22-21(26)24-13-14-25-20(24)23-19-12-11-17-9-5-6-10-18(17)19/h2-10,15,19H,11-14H2,1H3,(H,22,26). The van der Waals surface area contributed by atoms with Crippen LogP contribution in [0, 0.1) is 0 Å². The predicted octanol–water partition coefficient (Wildman–Crippen LogP) is 4.00. The first-order valence-electron chi connectivity index (χ1n) is 9.14. The van der Waals surface area contributed by atoms with Gasteiger partial charge in [-0.25, -0.2) is 4.99 Å². The van der Waals surface area contributed by atoms with Crippen LogP contribution in [0.1, 0.15) is 42.1 Å². The van der Waals surface area contributed by atoms with Crippen LogP contribution in [0.2, 0.25) is 0 Å². The molecule has 26 heavy (non-hydrogen) atoms. The molecule has 1 saturated heterocycles. The summed E-state index contributed by atoms with van der Waals surface area (Å²) in [5.74, 6) is 0. The molecule has 0 saturated carbocycles. The van der Waals surface area contributed by atoms with Gasteiger partial charge in [0.05, 0.1) is 18.6 Å². The number of aryl methyl sites for hydroxylation is 1. The summed E-state index contributed by atoms with van der Waals surface area (Å²) < 4.78 is 5.80. The van der Waals surface area contributed by atoms with E-state index in [9.17, 15) is 0 Å². The van der Waals surface area contributed by atoms with Crippen molar-refractivity contribution in [3.63, 3.8) is 0 Å². The van der Waals surface area contributed by atoms with Gasteiger partial charge in [0.25, 0.3) is 6.02 Å². The Balaban J connectivity index is 1.47. The van der Waals surface area contributed by atoms with E-state index < -0.39 is 0 Å². The monoisotopic (exact) mass is 365 g/mol. The van der Waals surface area contributed by atoms with Crippen LogP contribution in [-0.4, -0.2) is 29.2 Å². The second-order valence-corrected chi connectivity index (χ2v) is 7.13. The molecule has 1 fully saturated rings. The molecule has 2 aromatic rings. The number of ether oxygens (including phenoxy) is 1. The fraction of sp³-hybridized carbons (Fsp3) is 0.333. The summed E-state index contributed by atoms with van der Waals surface area (Å²) in [4.78, 5) is 6.87. The molecule has 2 atom stereocenters. The average Bonchev–Trinajstić information content (AvgIpc) is 3.30. The molecule has 0 radical (unpaired) electrons. The Hall–Kier alpha value is -2.40. The number of thiocarbonyl (C=S) groups is 1. The van der Waals surface area contributed by atoms with Gasteiger partial charge in [0.1, 0.15) is 6.61 Å². The number of benzene rings is 2. The fourth-order valence-electron chi connectivity index (χ4n) is 3.59. The van der Waals surface area contributed by atoms with Crippen LogP contribution >= 0.6 is 12.2 Å². The van der Waals surface area contributed by atoms with Gasteiger partial charge in [-0.15, -0.1) is 0 Å². The maximum atomic E-state index is 5.80. The number of aliphatic imine (C=N–C) groups is 1. The second-order valence-electron chi connectivity index (χ2n) is 6.75. The van der Waals surface area contributed by atoms with E-state index in [0.717, 1.165) is 19.4 Å². The lowest BCUT2D eigenvalue weighted by Crippen LogP contribution is -2.42. The summed E-state index contributed by atoms with van der Waals surface area (Å²) in [5, 5.41) is 4.08. The zero-order chi connectivity index (χ0) is 17.9. The number of hydrogen-bond acceptors (Lipinski definition) is 3. The Morgan fingerprint density at radius 2 is 1.96 bits per heavy atom. The molecule has 4 nitrogen and oxygen atoms in total. The minimum absolute atomic E-state index is 0.137. The highest BCUT2D eigenvalue weighted by molar-refractivity contribution is 7.80. The number of hydrogen-bond donors (Lipinski definition) is 1. The van der Waals surface area contributed by atoms with Crippen molar-refractivity contribution < 1.29 is 4.74 Å². The van der Waals surface area contributed by atoms with Crippen molar-refractivity contribution >= 4 is 23.4 Å². The van der Waals surface area contributed by atoms with Crippen molar-refractivity contribution in [1.82, 2.24) is 10.2 Å². The van der Waals surface area contributed by atoms with E-state index in [-0.39, 0.29) is 12.1 Å². The van der Waals surface area contributed by atoms with E-state index in [1.807, 2.05) is 23.1 Å². The SMILES string of the molecule is CC(NC(=S)N1CCOC1=NC1CCc2ccccc21)c1ccccc1. The van der Waals surface area contributed by atoms with E-state index in [0.29, 0.717) is 17.7 Å². The van der Waals surface area contributed by atoms with E-state index in [2.05, 4.69) is 48.6 Å². The molecule has 5 heteroatoms. The molecular weight excluding hydrogens is 342 g/mol. The molecule has 4 rings (SSSR count). The molecule has 2 aromatic carbocycles. The molecule has 0 aromatic heterocycles. The third kappa shape index (κ3) is 3.44. The Bertz CT molecular complexity index is 821. The van der Waals surface area contributed by atoms with E-state index >= 15 is 0 Å². The zero-order valence-corrected chi connectivity index (χ0v) is 15.7. The number of rotatable bonds is 3. The van der Waals surface area contributed by atoms with Crippen molar-refractivity contribution in [3.8, 4) is 0 Å².